The largest absolute Gasteiger partial charge is 0.383 e. The summed E-state index contributed by atoms with van der Waals surface area (Å²) >= 11 is 1.42. The van der Waals surface area contributed by atoms with Crippen molar-refractivity contribution in [2.24, 2.45) is 0 Å². The summed E-state index contributed by atoms with van der Waals surface area (Å²) in [6.45, 7) is 1.98. The van der Waals surface area contributed by atoms with Gasteiger partial charge in [-0.2, -0.15) is 0 Å². The van der Waals surface area contributed by atoms with E-state index in [1.54, 1.807) is 19.4 Å². The van der Waals surface area contributed by atoms with Crippen LogP contribution in [-0.2, 0) is 17.8 Å². The van der Waals surface area contributed by atoms with E-state index in [1.807, 2.05) is 28.5 Å². The van der Waals surface area contributed by atoms with E-state index in [0.29, 0.717) is 53.6 Å². The molecule has 0 saturated heterocycles. The molecule has 0 amide bonds. The molecule has 0 aliphatic carbocycles. The molecule has 0 fully saturated rings. The van der Waals surface area contributed by atoms with Crippen molar-refractivity contribution < 1.29 is 4.74 Å². The Balaban J connectivity index is 1.62. The lowest BCUT2D eigenvalue weighted by Crippen LogP contribution is -2.30. The van der Waals surface area contributed by atoms with Crippen LogP contribution in [0.2, 0.25) is 0 Å². The average molecular weight is 397 g/mol. The lowest BCUT2D eigenvalue weighted by atomic mass is 10.2. The number of methoxy groups -OCH3 is 1. The highest BCUT2D eigenvalue weighted by Gasteiger charge is 2.13. The SMILES string of the molecule is COCCN(Cc1cc(=O)n2ccsc2n1)Cc1nc2ccccc2c(=O)[nH]1. The van der Waals surface area contributed by atoms with Gasteiger partial charge in [-0.25, -0.2) is 9.97 Å². The highest BCUT2D eigenvalue weighted by molar-refractivity contribution is 7.15. The number of hydrogen-bond donors (Lipinski definition) is 1. The predicted octanol–water partition coefficient (Wildman–Crippen LogP) is 1.64. The van der Waals surface area contributed by atoms with Crippen LogP contribution in [0.5, 0.6) is 0 Å². The zero-order valence-electron chi connectivity index (χ0n) is 15.3. The summed E-state index contributed by atoms with van der Waals surface area (Å²) < 4.78 is 6.73. The molecule has 3 heterocycles. The van der Waals surface area contributed by atoms with Gasteiger partial charge in [-0.3, -0.25) is 18.9 Å². The first kappa shape index (κ1) is 18.5. The van der Waals surface area contributed by atoms with Crippen molar-refractivity contribution in [3.63, 3.8) is 0 Å². The molecule has 9 heteroatoms. The van der Waals surface area contributed by atoms with Crippen LogP contribution in [-0.4, -0.2) is 44.5 Å². The zero-order valence-corrected chi connectivity index (χ0v) is 16.1. The van der Waals surface area contributed by atoms with E-state index in [9.17, 15) is 9.59 Å². The first-order chi connectivity index (χ1) is 13.6. The van der Waals surface area contributed by atoms with Gasteiger partial charge in [-0.1, -0.05) is 12.1 Å². The molecule has 0 bridgehead atoms. The van der Waals surface area contributed by atoms with E-state index >= 15 is 0 Å². The molecule has 1 aromatic carbocycles. The van der Waals surface area contributed by atoms with Gasteiger partial charge in [0.15, 0.2) is 4.96 Å². The molecule has 4 rings (SSSR count). The van der Waals surface area contributed by atoms with Crippen LogP contribution in [0.25, 0.3) is 15.9 Å². The lowest BCUT2D eigenvalue weighted by Gasteiger charge is -2.21. The van der Waals surface area contributed by atoms with Crippen molar-refractivity contribution in [1.82, 2.24) is 24.3 Å². The van der Waals surface area contributed by atoms with Crippen LogP contribution in [0.1, 0.15) is 11.5 Å². The third-order valence-electron chi connectivity index (χ3n) is 4.39. The smallest absolute Gasteiger partial charge is 0.258 e. The fourth-order valence-electron chi connectivity index (χ4n) is 3.05. The van der Waals surface area contributed by atoms with E-state index < -0.39 is 0 Å². The number of nitrogens with zero attached hydrogens (tertiary/aromatic N) is 4. The number of ether oxygens (including phenoxy) is 1. The molecular formula is C19H19N5O3S. The van der Waals surface area contributed by atoms with Gasteiger partial charge >= 0.3 is 0 Å². The number of aromatic nitrogens is 4. The number of thiazole rings is 1. The normalized spacial score (nSPS) is 11.6. The molecule has 1 N–H and O–H groups in total. The van der Waals surface area contributed by atoms with Crippen LogP contribution >= 0.6 is 11.3 Å². The number of aromatic amines is 1. The molecule has 8 nitrogen and oxygen atoms in total. The number of fused-ring (bicyclic) bond motifs is 2. The Morgan fingerprint density at radius 3 is 2.93 bits per heavy atom. The molecule has 0 aliphatic heterocycles. The van der Waals surface area contributed by atoms with Crippen LogP contribution in [0, 0.1) is 0 Å². The van der Waals surface area contributed by atoms with Crippen molar-refractivity contribution in [3.05, 3.63) is 74.1 Å². The maximum atomic E-state index is 12.3. The second-order valence-corrected chi connectivity index (χ2v) is 7.25. The van der Waals surface area contributed by atoms with Crippen molar-refractivity contribution in [3.8, 4) is 0 Å². The molecule has 0 atom stereocenters. The van der Waals surface area contributed by atoms with Gasteiger partial charge in [-0.05, 0) is 12.1 Å². The van der Waals surface area contributed by atoms with Gasteiger partial charge in [0.25, 0.3) is 11.1 Å². The number of H-pyrrole nitrogens is 1. The Kier molecular flexibility index (Phi) is 5.29. The molecule has 0 radical (unpaired) electrons. The van der Waals surface area contributed by atoms with Crippen LogP contribution in [0.3, 0.4) is 0 Å². The summed E-state index contributed by atoms with van der Waals surface area (Å²) in [4.78, 5) is 39.2. The summed E-state index contributed by atoms with van der Waals surface area (Å²) in [5.41, 5.74) is 1.06. The number of hydrogen-bond acceptors (Lipinski definition) is 7. The van der Waals surface area contributed by atoms with Gasteiger partial charge in [0.2, 0.25) is 0 Å². The summed E-state index contributed by atoms with van der Waals surface area (Å²) in [5, 5.41) is 2.40. The van der Waals surface area contributed by atoms with E-state index in [0.717, 1.165) is 0 Å². The summed E-state index contributed by atoms with van der Waals surface area (Å²) in [7, 11) is 1.64. The molecule has 144 valence electrons. The fourth-order valence-corrected chi connectivity index (χ4v) is 3.79. The number of rotatable bonds is 7. The minimum absolute atomic E-state index is 0.106. The van der Waals surface area contributed by atoms with E-state index in [-0.39, 0.29) is 11.1 Å². The minimum atomic E-state index is -0.163. The first-order valence-corrected chi connectivity index (χ1v) is 9.67. The van der Waals surface area contributed by atoms with Crippen molar-refractivity contribution >= 4 is 27.2 Å². The zero-order chi connectivity index (χ0) is 19.5. The maximum absolute atomic E-state index is 12.3. The number of benzene rings is 1. The van der Waals surface area contributed by atoms with E-state index in [2.05, 4.69) is 15.0 Å². The summed E-state index contributed by atoms with van der Waals surface area (Å²) in [5.74, 6) is 0.564. The topological polar surface area (TPSA) is 92.6 Å². The number of nitrogens with one attached hydrogen (secondary N) is 1. The van der Waals surface area contributed by atoms with Crippen LogP contribution in [0.15, 0.2) is 51.5 Å². The van der Waals surface area contributed by atoms with Crippen molar-refractivity contribution in [2.45, 2.75) is 13.1 Å². The van der Waals surface area contributed by atoms with Gasteiger partial charge in [-0.15, -0.1) is 11.3 Å². The van der Waals surface area contributed by atoms with Gasteiger partial charge < -0.3 is 9.72 Å². The molecule has 0 spiro atoms. The summed E-state index contributed by atoms with van der Waals surface area (Å²) in [6, 6.07) is 8.78. The van der Waals surface area contributed by atoms with Crippen LogP contribution in [0.4, 0.5) is 0 Å². The molecule has 28 heavy (non-hydrogen) atoms. The average Bonchev–Trinajstić information content (AvgIpc) is 3.15. The molecule has 0 saturated carbocycles. The second kappa shape index (κ2) is 8.01. The standard InChI is InChI=1S/C19H19N5O3S/c1-27-8-6-23(11-13-10-17(25)24-7-9-28-19(24)20-13)12-16-21-15-5-3-2-4-14(15)18(26)22-16/h2-5,7,9-10H,6,8,11-12H2,1H3,(H,21,22,26). The van der Waals surface area contributed by atoms with Crippen LogP contribution < -0.4 is 11.1 Å². The highest BCUT2D eigenvalue weighted by Crippen LogP contribution is 2.11. The minimum Gasteiger partial charge on any atom is -0.383 e. The Bertz CT molecular complexity index is 1230. The Morgan fingerprint density at radius 2 is 2.07 bits per heavy atom. The molecule has 4 aromatic rings. The third kappa shape index (κ3) is 3.86. The number of para-hydroxylation sites is 1. The van der Waals surface area contributed by atoms with Gasteiger partial charge in [0.1, 0.15) is 5.82 Å². The van der Waals surface area contributed by atoms with Crippen molar-refractivity contribution in [1.29, 1.82) is 0 Å². The Labute approximate surface area is 164 Å². The van der Waals surface area contributed by atoms with Crippen molar-refractivity contribution in [2.75, 3.05) is 20.3 Å². The van der Waals surface area contributed by atoms with Gasteiger partial charge in [0.05, 0.1) is 29.7 Å². The predicted molar refractivity (Wildman–Crippen MR) is 108 cm³/mol. The van der Waals surface area contributed by atoms with E-state index in [1.165, 1.54) is 21.8 Å². The first-order valence-electron chi connectivity index (χ1n) is 8.79. The lowest BCUT2D eigenvalue weighted by molar-refractivity contribution is 0.137. The van der Waals surface area contributed by atoms with Gasteiger partial charge in [0, 0.05) is 37.8 Å². The Morgan fingerprint density at radius 1 is 1.21 bits per heavy atom. The summed E-state index contributed by atoms with van der Waals surface area (Å²) in [6.07, 6.45) is 1.71. The highest BCUT2D eigenvalue weighted by atomic mass is 32.1. The monoisotopic (exact) mass is 397 g/mol. The van der Waals surface area contributed by atoms with E-state index in [4.69, 9.17) is 4.74 Å². The fraction of sp³-hybridized carbons (Fsp3) is 0.263. The molecule has 3 aromatic heterocycles. The molecular weight excluding hydrogens is 378 g/mol. The molecule has 0 aliphatic rings. The quantitative estimate of drug-likeness (QED) is 0.510. The second-order valence-electron chi connectivity index (χ2n) is 6.37. The maximum Gasteiger partial charge on any atom is 0.258 e. The third-order valence-corrected chi connectivity index (χ3v) is 5.15. The Hall–Kier alpha value is -2.88. The molecule has 0 unspecified atom stereocenters.